The van der Waals surface area contributed by atoms with Crippen molar-refractivity contribution in [2.24, 2.45) is 5.41 Å². The standard InChI is InChI=1S/C33H41F2N3O5S2/c1-33(2,18-30(41)36-29-12-15-38(32(42)37-29)31-17-27(40)28(19-39)43-31)14-11-26(45-21-23-5-9-25(35)10-6-23)13-16-44-20-22-3-7-24(34)8-4-22/h3-10,12,15,26-28,31,39-40H,11,13-14,16-21H2,1-2H3,(H,36,37,41,42)/t26?,27-,28?,31-/m1/s1. The largest absolute Gasteiger partial charge is 0.394 e. The number of hydrogen-bond donors (Lipinski definition) is 3. The molecule has 4 rings (SSSR count). The summed E-state index contributed by atoms with van der Waals surface area (Å²) in [4.78, 5) is 29.5. The third kappa shape index (κ3) is 11.2. The van der Waals surface area contributed by atoms with Crippen LogP contribution in [0.1, 0.15) is 63.3 Å². The number of aromatic nitrogens is 2. The van der Waals surface area contributed by atoms with E-state index in [0.29, 0.717) is 5.25 Å². The van der Waals surface area contributed by atoms with Crippen molar-refractivity contribution in [1.29, 1.82) is 0 Å². The number of aliphatic hydroxyl groups excluding tert-OH is 2. The zero-order valence-corrected chi connectivity index (χ0v) is 27.2. The number of anilines is 1. The summed E-state index contributed by atoms with van der Waals surface area (Å²) in [7, 11) is 0. The van der Waals surface area contributed by atoms with Gasteiger partial charge in [-0.25, -0.2) is 13.6 Å². The van der Waals surface area contributed by atoms with Crippen molar-refractivity contribution >= 4 is 35.2 Å². The maximum absolute atomic E-state index is 13.4. The normalized spacial score (nSPS) is 19.0. The lowest BCUT2D eigenvalue weighted by Crippen LogP contribution is -2.29. The van der Waals surface area contributed by atoms with E-state index in [1.54, 1.807) is 36.0 Å². The average molecular weight is 662 g/mol. The SMILES string of the molecule is CC(C)(CCC(CCSCc1ccc(F)cc1)SCc1ccc(F)cc1)CC(=O)Nc1ccn([C@H]2C[C@@H](O)C(CO)O2)c(=O)n1. The fourth-order valence-corrected chi connectivity index (χ4v) is 7.47. The zero-order valence-electron chi connectivity index (χ0n) is 25.5. The maximum atomic E-state index is 13.4. The minimum Gasteiger partial charge on any atom is -0.394 e. The number of carbonyl (C=O) groups excluding carboxylic acids is 1. The summed E-state index contributed by atoms with van der Waals surface area (Å²) < 4.78 is 33.4. The van der Waals surface area contributed by atoms with Gasteiger partial charge in [0, 0.05) is 35.8 Å². The van der Waals surface area contributed by atoms with Crippen molar-refractivity contribution < 1.29 is 28.5 Å². The van der Waals surface area contributed by atoms with Gasteiger partial charge in [-0.05, 0) is 71.9 Å². The highest BCUT2D eigenvalue weighted by atomic mass is 32.2. The minimum atomic E-state index is -0.880. The summed E-state index contributed by atoms with van der Waals surface area (Å²) in [6, 6.07) is 14.6. The summed E-state index contributed by atoms with van der Waals surface area (Å²) in [6.45, 7) is 3.74. The molecule has 1 aliphatic heterocycles. The molecule has 8 nitrogen and oxygen atoms in total. The molecule has 0 bridgehead atoms. The van der Waals surface area contributed by atoms with Crippen LogP contribution in [-0.2, 0) is 21.0 Å². The van der Waals surface area contributed by atoms with Crippen molar-refractivity contribution in [2.75, 3.05) is 17.7 Å². The van der Waals surface area contributed by atoms with E-state index in [1.165, 1.54) is 41.1 Å². The second-order valence-corrected chi connectivity index (χ2v) is 14.5. The Morgan fingerprint density at radius 1 is 1.07 bits per heavy atom. The van der Waals surface area contributed by atoms with Crippen LogP contribution in [0.4, 0.5) is 14.6 Å². The van der Waals surface area contributed by atoms with Crippen LogP contribution in [0.3, 0.4) is 0 Å². The van der Waals surface area contributed by atoms with Gasteiger partial charge in [0.05, 0.1) is 12.7 Å². The Kier molecular flexibility index (Phi) is 13.0. The molecular formula is C33H41F2N3O5S2. The Morgan fingerprint density at radius 3 is 2.31 bits per heavy atom. The second-order valence-electron chi connectivity index (χ2n) is 12.1. The van der Waals surface area contributed by atoms with Gasteiger partial charge in [0.2, 0.25) is 5.91 Å². The van der Waals surface area contributed by atoms with Crippen LogP contribution in [-0.4, -0.2) is 55.5 Å². The van der Waals surface area contributed by atoms with Gasteiger partial charge in [0.25, 0.3) is 0 Å². The van der Waals surface area contributed by atoms with Gasteiger partial charge in [0.15, 0.2) is 0 Å². The van der Waals surface area contributed by atoms with E-state index in [0.717, 1.165) is 47.6 Å². The Hall–Kier alpha value is -2.77. The molecule has 1 aromatic heterocycles. The molecule has 244 valence electrons. The average Bonchev–Trinajstić information content (AvgIpc) is 3.37. The molecule has 12 heteroatoms. The number of nitrogens with zero attached hydrogens (tertiary/aromatic N) is 2. The molecule has 45 heavy (non-hydrogen) atoms. The molecule has 0 saturated carbocycles. The Morgan fingerprint density at radius 2 is 1.71 bits per heavy atom. The lowest BCUT2D eigenvalue weighted by molar-refractivity contribution is -0.118. The molecule has 2 aromatic carbocycles. The van der Waals surface area contributed by atoms with Crippen LogP contribution in [0.25, 0.3) is 0 Å². The smallest absolute Gasteiger partial charge is 0.351 e. The van der Waals surface area contributed by atoms with Gasteiger partial charge in [0.1, 0.15) is 29.8 Å². The number of halogens is 2. The minimum absolute atomic E-state index is 0.139. The quantitative estimate of drug-likeness (QED) is 0.162. The summed E-state index contributed by atoms with van der Waals surface area (Å²) in [5.41, 5.74) is 1.20. The Balaban J connectivity index is 1.28. The van der Waals surface area contributed by atoms with E-state index in [9.17, 15) is 28.6 Å². The first kappa shape index (κ1) is 35.1. The molecule has 0 radical (unpaired) electrons. The fourth-order valence-electron chi connectivity index (χ4n) is 5.10. The van der Waals surface area contributed by atoms with E-state index >= 15 is 0 Å². The molecule has 1 fully saturated rings. The lowest BCUT2D eigenvalue weighted by Gasteiger charge is -2.27. The van der Waals surface area contributed by atoms with Crippen molar-refractivity contribution in [3.8, 4) is 0 Å². The Labute approximate surface area is 271 Å². The molecule has 3 N–H and O–H groups in total. The van der Waals surface area contributed by atoms with Gasteiger partial charge >= 0.3 is 5.69 Å². The van der Waals surface area contributed by atoms with Crippen molar-refractivity contribution in [2.45, 2.75) is 81.1 Å². The number of ether oxygens (including phenoxy) is 1. The van der Waals surface area contributed by atoms with Gasteiger partial charge in [-0.3, -0.25) is 9.36 Å². The number of nitrogens with one attached hydrogen (secondary N) is 1. The van der Waals surface area contributed by atoms with E-state index in [4.69, 9.17) is 4.74 Å². The van der Waals surface area contributed by atoms with Gasteiger partial charge in [-0.15, -0.1) is 0 Å². The van der Waals surface area contributed by atoms with Gasteiger partial charge < -0.3 is 20.3 Å². The number of benzene rings is 2. The molecule has 2 heterocycles. The van der Waals surface area contributed by atoms with Crippen LogP contribution < -0.4 is 11.0 Å². The number of thioether (sulfide) groups is 2. The Bertz CT molecular complexity index is 1440. The number of rotatable bonds is 16. The molecule has 0 spiro atoms. The third-order valence-corrected chi connectivity index (χ3v) is 10.2. The molecule has 0 aliphatic carbocycles. The first-order valence-corrected chi connectivity index (χ1v) is 17.2. The van der Waals surface area contributed by atoms with E-state index < -0.39 is 24.1 Å². The zero-order chi connectivity index (χ0) is 32.4. The lowest BCUT2D eigenvalue weighted by atomic mass is 9.83. The van der Waals surface area contributed by atoms with E-state index in [2.05, 4.69) is 10.3 Å². The van der Waals surface area contributed by atoms with Crippen molar-refractivity contribution in [1.82, 2.24) is 9.55 Å². The summed E-state index contributed by atoms with van der Waals surface area (Å²) in [6.07, 6.45) is 2.12. The molecule has 1 saturated heterocycles. The van der Waals surface area contributed by atoms with Crippen LogP contribution in [0.5, 0.6) is 0 Å². The summed E-state index contributed by atoms with van der Waals surface area (Å²) in [5, 5.41) is 22.3. The van der Waals surface area contributed by atoms with Crippen LogP contribution in [0.2, 0.25) is 0 Å². The predicted molar refractivity (Wildman–Crippen MR) is 175 cm³/mol. The van der Waals surface area contributed by atoms with E-state index in [-0.39, 0.29) is 48.2 Å². The highest BCUT2D eigenvalue weighted by molar-refractivity contribution is 7.99. The fraction of sp³-hybridized carbons (Fsp3) is 0.485. The molecule has 1 aliphatic rings. The van der Waals surface area contributed by atoms with Crippen LogP contribution >= 0.6 is 23.5 Å². The van der Waals surface area contributed by atoms with Gasteiger partial charge in [-0.1, -0.05) is 38.1 Å². The van der Waals surface area contributed by atoms with Crippen molar-refractivity contribution in [3.63, 3.8) is 0 Å². The monoisotopic (exact) mass is 661 g/mol. The summed E-state index contributed by atoms with van der Waals surface area (Å²) >= 11 is 3.64. The number of aliphatic hydroxyl groups is 2. The first-order valence-electron chi connectivity index (χ1n) is 15.0. The highest BCUT2D eigenvalue weighted by Crippen LogP contribution is 2.34. The molecule has 1 amide bonds. The van der Waals surface area contributed by atoms with Crippen molar-refractivity contribution in [3.05, 3.63) is 94.0 Å². The van der Waals surface area contributed by atoms with Crippen LogP contribution in [0, 0.1) is 17.0 Å². The first-order chi connectivity index (χ1) is 21.5. The predicted octanol–water partition coefficient (Wildman–Crippen LogP) is 5.92. The second kappa shape index (κ2) is 16.7. The van der Waals surface area contributed by atoms with E-state index in [1.807, 2.05) is 25.6 Å². The molecule has 3 aromatic rings. The number of carbonyl (C=O) groups is 1. The number of amides is 1. The van der Waals surface area contributed by atoms with Gasteiger partial charge in [-0.2, -0.15) is 28.5 Å². The summed E-state index contributed by atoms with van der Waals surface area (Å²) in [5.74, 6) is 1.89. The molecule has 4 atom stereocenters. The number of hydrogen-bond acceptors (Lipinski definition) is 8. The maximum Gasteiger partial charge on any atom is 0.351 e. The highest BCUT2D eigenvalue weighted by Gasteiger charge is 2.35. The molecule has 2 unspecified atom stereocenters. The topological polar surface area (TPSA) is 114 Å². The van der Waals surface area contributed by atoms with Crippen LogP contribution in [0.15, 0.2) is 65.6 Å². The molecular weight excluding hydrogens is 621 g/mol. The third-order valence-electron chi connectivity index (χ3n) is 7.74.